The first kappa shape index (κ1) is 21.0. The number of halogens is 1. The Bertz CT molecular complexity index is 1330. The van der Waals surface area contributed by atoms with Gasteiger partial charge in [-0.3, -0.25) is 0 Å². The maximum absolute atomic E-state index is 12.1. The van der Waals surface area contributed by atoms with Crippen molar-refractivity contribution in [2.24, 2.45) is 12.5 Å². The highest BCUT2D eigenvalue weighted by atomic mass is 79.9. The van der Waals surface area contributed by atoms with E-state index in [9.17, 15) is 10.2 Å². The lowest BCUT2D eigenvalue weighted by molar-refractivity contribution is -0.0555. The van der Waals surface area contributed by atoms with E-state index in [1.165, 1.54) is 0 Å². The van der Waals surface area contributed by atoms with Crippen molar-refractivity contribution in [2.45, 2.75) is 24.5 Å². The molecule has 4 aromatic rings. The number of nitrogens with zero attached hydrogens (tertiary/aromatic N) is 1. The van der Waals surface area contributed by atoms with E-state index in [2.05, 4.69) is 27.8 Å². The Hall–Kier alpha value is -2.84. The summed E-state index contributed by atoms with van der Waals surface area (Å²) in [5, 5.41) is 24.9. The summed E-state index contributed by atoms with van der Waals surface area (Å²) in [6.45, 7) is 0. The number of aromatic nitrogens is 1. The van der Waals surface area contributed by atoms with Crippen LogP contribution in [0.3, 0.4) is 0 Å². The minimum Gasteiger partial charge on any atom is -0.388 e. The van der Waals surface area contributed by atoms with Crippen molar-refractivity contribution in [3.05, 3.63) is 106 Å². The highest BCUT2D eigenvalue weighted by molar-refractivity contribution is 9.10. The van der Waals surface area contributed by atoms with Gasteiger partial charge in [0.15, 0.2) is 5.60 Å². The summed E-state index contributed by atoms with van der Waals surface area (Å²) in [5.41, 5.74) is 1.13. The fourth-order valence-electron chi connectivity index (χ4n) is 4.73. The summed E-state index contributed by atoms with van der Waals surface area (Å²) in [6, 6.07) is 25.2. The maximum atomic E-state index is 12.1. The summed E-state index contributed by atoms with van der Waals surface area (Å²) in [7, 11) is 1.98. The van der Waals surface area contributed by atoms with Gasteiger partial charge in [0.25, 0.3) is 0 Å². The van der Waals surface area contributed by atoms with E-state index in [0.29, 0.717) is 18.4 Å². The zero-order chi connectivity index (χ0) is 22.3. The summed E-state index contributed by atoms with van der Waals surface area (Å²) in [4.78, 5) is 0. The van der Waals surface area contributed by atoms with Gasteiger partial charge in [0.05, 0.1) is 6.10 Å². The third-order valence-electron chi connectivity index (χ3n) is 6.66. The van der Waals surface area contributed by atoms with Crippen molar-refractivity contribution < 1.29 is 10.2 Å². The lowest BCUT2D eigenvalue weighted by atomic mass is 9.73. The van der Waals surface area contributed by atoms with Crippen molar-refractivity contribution in [2.75, 3.05) is 0 Å². The van der Waals surface area contributed by atoms with Gasteiger partial charge in [0.1, 0.15) is 0 Å². The second kappa shape index (κ2) is 7.94. The quantitative estimate of drug-likeness (QED) is 0.364. The molecule has 0 saturated heterocycles. The number of hydrogen-bond acceptors (Lipinski definition) is 2. The third kappa shape index (κ3) is 3.38. The minimum atomic E-state index is -1.49. The normalized spacial score (nSPS) is 17.2. The largest absolute Gasteiger partial charge is 0.388 e. The highest BCUT2D eigenvalue weighted by Gasteiger charge is 2.64. The Labute approximate surface area is 196 Å². The molecule has 1 aliphatic carbocycles. The molecule has 0 bridgehead atoms. The van der Waals surface area contributed by atoms with Crippen LogP contribution >= 0.6 is 15.9 Å². The highest BCUT2D eigenvalue weighted by Crippen LogP contribution is 2.65. The molecule has 2 atom stereocenters. The molecule has 1 aromatic heterocycles. The Morgan fingerprint density at radius 1 is 1.00 bits per heavy atom. The predicted molar refractivity (Wildman–Crippen MR) is 131 cm³/mol. The first-order valence-electron chi connectivity index (χ1n) is 10.7. The zero-order valence-corrected chi connectivity index (χ0v) is 19.4. The molecule has 1 saturated carbocycles. The molecule has 0 radical (unpaired) electrons. The van der Waals surface area contributed by atoms with Gasteiger partial charge in [-0.2, -0.15) is 0 Å². The van der Waals surface area contributed by atoms with Gasteiger partial charge < -0.3 is 14.8 Å². The average molecular weight is 486 g/mol. The number of benzene rings is 3. The molecule has 3 nitrogen and oxygen atoms in total. The van der Waals surface area contributed by atoms with E-state index < -0.39 is 17.1 Å². The number of aryl methyl sites for hydroxylation is 1. The van der Waals surface area contributed by atoms with Crippen molar-refractivity contribution in [1.29, 1.82) is 0 Å². The second-order valence-corrected chi connectivity index (χ2v) is 9.52. The molecule has 2 unspecified atom stereocenters. The standard InChI is InChI=1S/C28H24BrNO2/c1-30-19-24(23-18-22(29)12-13-25(23)30)26(31)27(16-17-27)28(32,21-10-6-3-7-11-21)15-14-20-8-4-2-5-9-20/h2-13,18-19,26,31-32H,16-17H2,1H3. The van der Waals surface area contributed by atoms with Gasteiger partial charge in [-0.05, 0) is 48.7 Å². The molecule has 0 spiro atoms. The van der Waals surface area contributed by atoms with Crippen LogP contribution < -0.4 is 0 Å². The van der Waals surface area contributed by atoms with Gasteiger partial charge in [0, 0.05) is 45.2 Å². The molecule has 0 aliphatic heterocycles. The smallest absolute Gasteiger partial charge is 0.159 e. The molecule has 3 aromatic carbocycles. The van der Waals surface area contributed by atoms with Gasteiger partial charge in [-0.25, -0.2) is 0 Å². The first-order valence-corrected chi connectivity index (χ1v) is 11.5. The van der Waals surface area contributed by atoms with Crippen LogP contribution in [0.25, 0.3) is 10.9 Å². The number of hydrogen-bond donors (Lipinski definition) is 2. The molecule has 2 N–H and O–H groups in total. The van der Waals surface area contributed by atoms with Crippen LogP contribution in [0.2, 0.25) is 0 Å². The Morgan fingerprint density at radius 2 is 1.66 bits per heavy atom. The third-order valence-corrected chi connectivity index (χ3v) is 7.16. The molecule has 1 fully saturated rings. The van der Waals surface area contributed by atoms with Crippen LogP contribution in [0.1, 0.15) is 35.6 Å². The van der Waals surface area contributed by atoms with Crippen molar-refractivity contribution in [1.82, 2.24) is 4.57 Å². The fourth-order valence-corrected chi connectivity index (χ4v) is 5.09. The van der Waals surface area contributed by atoms with Gasteiger partial charge in [0.2, 0.25) is 0 Å². The van der Waals surface area contributed by atoms with E-state index in [-0.39, 0.29) is 0 Å². The lowest BCUT2D eigenvalue weighted by Gasteiger charge is -2.36. The SMILES string of the molecule is Cn1cc(C(O)C2(C(O)(C#Cc3ccccc3)c3ccccc3)CC2)c2cc(Br)ccc21. The van der Waals surface area contributed by atoms with Crippen molar-refractivity contribution >= 4 is 26.8 Å². The van der Waals surface area contributed by atoms with Crippen LogP contribution in [0.4, 0.5) is 0 Å². The predicted octanol–water partition coefficient (Wildman–Crippen LogP) is 5.69. The maximum Gasteiger partial charge on any atom is 0.159 e. The Kier molecular flexibility index (Phi) is 5.22. The Morgan fingerprint density at radius 3 is 2.31 bits per heavy atom. The second-order valence-electron chi connectivity index (χ2n) is 8.61. The van der Waals surface area contributed by atoms with E-state index >= 15 is 0 Å². The van der Waals surface area contributed by atoms with Gasteiger partial charge >= 0.3 is 0 Å². The summed E-state index contributed by atoms with van der Waals surface area (Å²) >= 11 is 3.56. The summed E-state index contributed by atoms with van der Waals surface area (Å²) < 4.78 is 2.98. The molecule has 32 heavy (non-hydrogen) atoms. The van der Waals surface area contributed by atoms with Crippen molar-refractivity contribution in [3.63, 3.8) is 0 Å². The zero-order valence-electron chi connectivity index (χ0n) is 17.8. The summed E-state index contributed by atoms with van der Waals surface area (Å²) in [6.07, 6.45) is 2.48. The molecule has 1 heterocycles. The topological polar surface area (TPSA) is 45.4 Å². The molecule has 0 amide bonds. The van der Waals surface area contributed by atoms with Crippen LogP contribution in [0.5, 0.6) is 0 Å². The number of aliphatic hydroxyl groups excluding tert-OH is 1. The van der Waals surface area contributed by atoms with Crippen LogP contribution in [-0.2, 0) is 12.6 Å². The molecular formula is C28H24BrNO2. The summed E-state index contributed by atoms with van der Waals surface area (Å²) in [5.74, 6) is 6.34. The average Bonchev–Trinajstić information content (AvgIpc) is 3.58. The Balaban J connectivity index is 1.65. The minimum absolute atomic E-state index is 0.688. The van der Waals surface area contributed by atoms with Gasteiger partial charge in [-0.15, -0.1) is 0 Å². The first-order chi connectivity index (χ1) is 15.4. The van der Waals surface area contributed by atoms with Crippen molar-refractivity contribution in [3.8, 4) is 11.8 Å². The number of fused-ring (bicyclic) bond motifs is 1. The monoisotopic (exact) mass is 485 g/mol. The van der Waals surface area contributed by atoms with Gasteiger partial charge in [-0.1, -0.05) is 76.3 Å². The molecule has 160 valence electrons. The number of aliphatic hydroxyl groups is 2. The van der Waals surface area contributed by atoms with E-state index in [1.54, 1.807) is 0 Å². The van der Waals surface area contributed by atoms with E-state index in [4.69, 9.17) is 0 Å². The fraction of sp³-hybridized carbons (Fsp3) is 0.214. The molecule has 5 rings (SSSR count). The van der Waals surface area contributed by atoms with E-state index in [0.717, 1.165) is 26.5 Å². The van der Waals surface area contributed by atoms with Crippen LogP contribution in [0, 0.1) is 17.3 Å². The van der Waals surface area contributed by atoms with Crippen LogP contribution in [-0.4, -0.2) is 14.8 Å². The van der Waals surface area contributed by atoms with Crippen LogP contribution in [0.15, 0.2) is 89.5 Å². The lowest BCUT2D eigenvalue weighted by Crippen LogP contribution is -2.39. The van der Waals surface area contributed by atoms with E-state index in [1.807, 2.05) is 96.7 Å². The molecular weight excluding hydrogens is 462 g/mol. The molecule has 1 aliphatic rings. The number of rotatable bonds is 4. The molecule has 4 heteroatoms.